The van der Waals surface area contributed by atoms with Gasteiger partial charge in [-0.3, -0.25) is 14.5 Å². The number of rotatable bonds is 5. The first-order valence-electron chi connectivity index (χ1n) is 10.7. The molecule has 1 aliphatic carbocycles. The van der Waals surface area contributed by atoms with E-state index in [9.17, 15) is 9.59 Å². The number of ether oxygens (including phenoxy) is 4. The van der Waals surface area contributed by atoms with Crippen LogP contribution in [0.5, 0.6) is 23.0 Å². The Morgan fingerprint density at radius 3 is 2.21 bits per heavy atom. The fraction of sp³-hybridized carbons (Fsp3) is 0.360. The van der Waals surface area contributed by atoms with E-state index < -0.39 is 11.8 Å². The number of methoxy groups -OCH3 is 4. The Hall–Kier alpha value is -3.68. The van der Waals surface area contributed by atoms with Crippen molar-refractivity contribution in [3.63, 3.8) is 0 Å². The number of likely N-dealkylation sites (tertiary alicyclic amines) is 1. The topological polar surface area (TPSA) is 90.1 Å². The van der Waals surface area contributed by atoms with Gasteiger partial charge in [0, 0.05) is 36.0 Å². The van der Waals surface area contributed by atoms with Crippen LogP contribution < -0.4 is 18.9 Å². The van der Waals surface area contributed by atoms with E-state index in [0.29, 0.717) is 23.7 Å². The minimum Gasteiger partial charge on any atom is -0.497 e. The third-order valence-corrected chi connectivity index (χ3v) is 6.96. The van der Waals surface area contributed by atoms with Crippen molar-refractivity contribution < 1.29 is 28.5 Å². The molecular weight excluding hydrogens is 424 g/mol. The van der Waals surface area contributed by atoms with E-state index in [1.165, 1.54) is 4.90 Å². The van der Waals surface area contributed by atoms with Crippen LogP contribution in [0.25, 0.3) is 10.9 Å². The normalized spacial score (nSPS) is 21.7. The average Bonchev–Trinajstić information content (AvgIpc) is 3.31. The summed E-state index contributed by atoms with van der Waals surface area (Å²) in [7, 11) is 7.86. The highest BCUT2D eigenvalue weighted by molar-refractivity contribution is 6.06. The number of nitrogens with zero attached hydrogens (tertiary/aromatic N) is 1. The van der Waals surface area contributed by atoms with Crippen molar-refractivity contribution in [2.24, 2.45) is 11.8 Å². The second kappa shape index (κ2) is 7.72. The van der Waals surface area contributed by atoms with Crippen molar-refractivity contribution >= 4 is 22.7 Å². The van der Waals surface area contributed by atoms with Gasteiger partial charge in [-0.1, -0.05) is 0 Å². The SMILES string of the molecule is COc1ccc2[nH]c3c(c2c1)[C@H](c1cc(OC)c(OC)c(OC)c1)[C@@H]1C(=O)N(C)C(=O)[C@@H]1C3. The molecule has 2 amide bonds. The summed E-state index contributed by atoms with van der Waals surface area (Å²) in [5, 5.41) is 0.969. The van der Waals surface area contributed by atoms with Crippen molar-refractivity contribution in [3.8, 4) is 23.0 Å². The number of carbonyl (C=O) groups is 2. The van der Waals surface area contributed by atoms with Crippen molar-refractivity contribution in [2.45, 2.75) is 12.3 Å². The Morgan fingerprint density at radius 1 is 0.909 bits per heavy atom. The van der Waals surface area contributed by atoms with E-state index in [4.69, 9.17) is 18.9 Å². The van der Waals surface area contributed by atoms with Gasteiger partial charge in [0.15, 0.2) is 11.5 Å². The number of fused-ring (bicyclic) bond motifs is 4. The Bertz CT molecular complexity index is 1250. The van der Waals surface area contributed by atoms with E-state index in [0.717, 1.165) is 33.5 Å². The highest BCUT2D eigenvalue weighted by atomic mass is 16.5. The zero-order valence-corrected chi connectivity index (χ0v) is 19.2. The van der Waals surface area contributed by atoms with Gasteiger partial charge in [0.05, 0.1) is 40.3 Å². The summed E-state index contributed by atoms with van der Waals surface area (Å²) in [5.41, 5.74) is 3.71. The quantitative estimate of drug-likeness (QED) is 0.601. The lowest BCUT2D eigenvalue weighted by atomic mass is 9.68. The molecule has 1 aromatic heterocycles. The molecule has 33 heavy (non-hydrogen) atoms. The number of aromatic amines is 1. The lowest BCUT2D eigenvalue weighted by Gasteiger charge is -2.32. The van der Waals surface area contributed by atoms with Crippen LogP contribution in [-0.2, 0) is 16.0 Å². The summed E-state index contributed by atoms with van der Waals surface area (Å²) in [6, 6.07) is 9.56. The summed E-state index contributed by atoms with van der Waals surface area (Å²) < 4.78 is 22.1. The highest BCUT2D eigenvalue weighted by Crippen LogP contribution is 2.52. The molecule has 172 valence electrons. The van der Waals surface area contributed by atoms with Gasteiger partial charge in [0.1, 0.15) is 5.75 Å². The van der Waals surface area contributed by atoms with Crippen LogP contribution in [0.15, 0.2) is 30.3 Å². The molecule has 2 aliphatic rings. The molecule has 3 atom stereocenters. The van der Waals surface area contributed by atoms with Gasteiger partial charge in [-0.25, -0.2) is 0 Å². The summed E-state index contributed by atoms with van der Waals surface area (Å²) in [4.78, 5) is 31.1. The number of hydrogen-bond acceptors (Lipinski definition) is 6. The summed E-state index contributed by atoms with van der Waals surface area (Å²) in [5.74, 6) is 0.530. The van der Waals surface area contributed by atoms with Crippen molar-refractivity contribution in [1.82, 2.24) is 9.88 Å². The standard InChI is InChI=1S/C25H26N2O6/c1-27-24(28)15-11-17-21(14-10-13(30-2)6-7-16(14)26-17)20(22(15)25(27)29)12-8-18(31-3)23(33-5)19(9-12)32-4/h6-10,15,20,22,26H,11H2,1-5H3/t15-,20+,22-/m1/s1. The van der Waals surface area contributed by atoms with E-state index >= 15 is 0 Å². The first-order valence-corrected chi connectivity index (χ1v) is 10.7. The maximum Gasteiger partial charge on any atom is 0.233 e. The second-order valence-corrected chi connectivity index (χ2v) is 8.44. The van der Waals surface area contributed by atoms with Gasteiger partial charge in [-0.15, -0.1) is 0 Å². The third-order valence-electron chi connectivity index (χ3n) is 6.96. The molecule has 0 radical (unpaired) electrons. The monoisotopic (exact) mass is 450 g/mol. The largest absolute Gasteiger partial charge is 0.497 e. The number of hydrogen-bond donors (Lipinski definition) is 1. The van der Waals surface area contributed by atoms with Crippen molar-refractivity contribution in [1.29, 1.82) is 0 Å². The number of carbonyl (C=O) groups excluding carboxylic acids is 2. The number of aromatic nitrogens is 1. The third kappa shape index (κ3) is 2.97. The van der Waals surface area contributed by atoms with Gasteiger partial charge in [0.2, 0.25) is 17.6 Å². The van der Waals surface area contributed by atoms with Crippen LogP contribution in [0.4, 0.5) is 0 Å². The molecular formula is C25H26N2O6. The van der Waals surface area contributed by atoms with Crippen LogP contribution >= 0.6 is 0 Å². The molecule has 5 rings (SSSR count). The number of imide groups is 1. The van der Waals surface area contributed by atoms with Gasteiger partial charge in [0.25, 0.3) is 0 Å². The molecule has 2 aromatic carbocycles. The lowest BCUT2D eigenvalue weighted by molar-refractivity contribution is -0.138. The van der Waals surface area contributed by atoms with Crippen LogP contribution in [-0.4, -0.2) is 57.2 Å². The Morgan fingerprint density at radius 2 is 1.61 bits per heavy atom. The Labute approximate surface area is 191 Å². The molecule has 8 nitrogen and oxygen atoms in total. The molecule has 8 heteroatoms. The molecule has 1 aliphatic heterocycles. The molecule has 0 bridgehead atoms. The summed E-state index contributed by atoms with van der Waals surface area (Å²) >= 11 is 0. The number of benzene rings is 2. The first kappa shape index (κ1) is 21.2. The molecule has 0 spiro atoms. The molecule has 1 N–H and O–H groups in total. The summed E-state index contributed by atoms with van der Waals surface area (Å²) in [6.07, 6.45) is 0.479. The molecule has 2 heterocycles. The summed E-state index contributed by atoms with van der Waals surface area (Å²) in [6.45, 7) is 0. The number of nitrogens with one attached hydrogen (secondary N) is 1. The maximum absolute atomic E-state index is 13.3. The Balaban J connectivity index is 1.81. The fourth-order valence-corrected chi connectivity index (χ4v) is 5.44. The minimum absolute atomic E-state index is 0.149. The fourth-order valence-electron chi connectivity index (χ4n) is 5.44. The van der Waals surface area contributed by atoms with Gasteiger partial charge >= 0.3 is 0 Å². The average molecular weight is 450 g/mol. The number of H-pyrrole nitrogens is 1. The first-order chi connectivity index (χ1) is 15.9. The zero-order chi connectivity index (χ0) is 23.4. The second-order valence-electron chi connectivity index (χ2n) is 8.44. The highest BCUT2D eigenvalue weighted by Gasteiger charge is 2.54. The van der Waals surface area contributed by atoms with E-state index in [1.807, 2.05) is 30.3 Å². The van der Waals surface area contributed by atoms with Crippen LogP contribution in [0.3, 0.4) is 0 Å². The molecule has 0 unspecified atom stereocenters. The van der Waals surface area contributed by atoms with E-state index in [2.05, 4.69) is 4.98 Å². The number of amides is 2. The van der Waals surface area contributed by atoms with Crippen LogP contribution in [0.1, 0.15) is 22.7 Å². The van der Waals surface area contributed by atoms with Crippen LogP contribution in [0.2, 0.25) is 0 Å². The molecule has 3 aromatic rings. The van der Waals surface area contributed by atoms with Crippen molar-refractivity contribution in [2.75, 3.05) is 35.5 Å². The molecule has 1 saturated heterocycles. The zero-order valence-electron chi connectivity index (χ0n) is 19.2. The smallest absolute Gasteiger partial charge is 0.233 e. The van der Waals surface area contributed by atoms with E-state index in [1.54, 1.807) is 35.5 Å². The van der Waals surface area contributed by atoms with Crippen molar-refractivity contribution in [3.05, 3.63) is 47.2 Å². The predicted molar refractivity (Wildman–Crippen MR) is 121 cm³/mol. The molecule has 1 fully saturated rings. The van der Waals surface area contributed by atoms with E-state index in [-0.39, 0.29) is 17.7 Å². The van der Waals surface area contributed by atoms with Gasteiger partial charge < -0.3 is 23.9 Å². The molecule has 0 saturated carbocycles. The minimum atomic E-state index is -0.525. The maximum atomic E-state index is 13.3. The Kier molecular flexibility index (Phi) is 4.96. The van der Waals surface area contributed by atoms with Gasteiger partial charge in [-0.2, -0.15) is 0 Å². The lowest BCUT2D eigenvalue weighted by Crippen LogP contribution is -2.32. The predicted octanol–water partition coefficient (Wildman–Crippen LogP) is 3.12. The van der Waals surface area contributed by atoms with Gasteiger partial charge in [-0.05, 0) is 41.5 Å². The van der Waals surface area contributed by atoms with Crippen LogP contribution in [0, 0.1) is 11.8 Å².